The number of carbonyl (C=O) groups is 1. The lowest BCUT2D eigenvalue weighted by Gasteiger charge is -2.17. The molecule has 0 fully saturated rings. The summed E-state index contributed by atoms with van der Waals surface area (Å²) in [5.41, 5.74) is 1.57. The van der Waals surface area contributed by atoms with Gasteiger partial charge in [-0.15, -0.1) is 0 Å². The molecule has 1 N–H and O–H groups in total. The van der Waals surface area contributed by atoms with Gasteiger partial charge in [0.1, 0.15) is 5.82 Å². The van der Waals surface area contributed by atoms with Crippen molar-refractivity contribution in [2.24, 2.45) is 0 Å². The summed E-state index contributed by atoms with van der Waals surface area (Å²) in [4.78, 5) is 13.5. The van der Waals surface area contributed by atoms with Gasteiger partial charge in [-0.3, -0.25) is 4.79 Å². The number of hydrogen-bond acceptors (Lipinski definition) is 2. The van der Waals surface area contributed by atoms with Crippen LogP contribution in [0.3, 0.4) is 0 Å². The van der Waals surface area contributed by atoms with Crippen LogP contribution in [0.25, 0.3) is 0 Å². The normalized spacial score (nSPS) is 10.4. The Morgan fingerprint density at radius 3 is 2.78 bits per heavy atom. The highest BCUT2D eigenvalue weighted by Gasteiger charge is 2.09. The Bertz CT molecular complexity index is 407. The van der Waals surface area contributed by atoms with Gasteiger partial charge >= 0.3 is 0 Å². The van der Waals surface area contributed by atoms with Crippen molar-refractivity contribution in [2.45, 2.75) is 26.3 Å². The van der Waals surface area contributed by atoms with Crippen LogP contribution in [-0.4, -0.2) is 31.4 Å². The van der Waals surface area contributed by atoms with Crippen molar-refractivity contribution in [3.8, 4) is 0 Å². The minimum Gasteiger partial charge on any atom is -0.341 e. The van der Waals surface area contributed by atoms with Crippen LogP contribution >= 0.6 is 0 Å². The summed E-state index contributed by atoms with van der Waals surface area (Å²) in [6.07, 6.45) is 1.37. The molecule has 0 atom stereocenters. The topological polar surface area (TPSA) is 32.3 Å². The SMILES string of the molecule is CNCCCC(=O)N(C)Cc1ccc(F)c(C)c1. The van der Waals surface area contributed by atoms with Gasteiger partial charge in [-0.2, -0.15) is 0 Å². The molecule has 0 heterocycles. The minimum atomic E-state index is -0.207. The predicted molar refractivity (Wildman–Crippen MR) is 70.8 cm³/mol. The first-order valence-corrected chi connectivity index (χ1v) is 6.18. The van der Waals surface area contributed by atoms with Crippen LogP contribution in [0.4, 0.5) is 4.39 Å². The number of rotatable bonds is 6. The maximum absolute atomic E-state index is 13.1. The number of nitrogens with one attached hydrogen (secondary N) is 1. The molecular weight excluding hydrogens is 231 g/mol. The van der Waals surface area contributed by atoms with E-state index in [1.54, 1.807) is 31.0 Å². The van der Waals surface area contributed by atoms with Gasteiger partial charge in [-0.25, -0.2) is 4.39 Å². The van der Waals surface area contributed by atoms with Gasteiger partial charge < -0.3 is 10.2 Å². The lowest BCUT2D eigenvalue weighted by molar-refractivity contribution is -0.130. The van der Waals surface area contributed by atoms with Crippen molar-refractivity contribution in [1.29, 1.82) is 0 Å². The molecule has 4 heteroatoms. The van der Waals surface area contributed by atoms with E-state index in [0.29, 0.717) is 18.5 Å². The quantitative estimate of drug-likeness (QED) is 0.786. The van der Waals surface area contributed by atoms with E-state index in [1.165, 1.54) is 6.07 Å². The molecule has 0 aliphatic rings. The minimum absolute atomic E-state index is 0.118. The molecule has 1 aromatic carbocycles. The first-order valence-electron chi connectivity index (χ1n) is 6.18. The van der Waals surface area contributed by atoms with Gasteiger partial charge in [0.15, 0.2) is 0 Å². The number of halogens is 1. The van der Waals surface area contributed by atoms with Crippen molar-refractivity contribution < 1.29 is 9.18 Å². The predicted octanol–water partition coefficient (Wildman–Crippen LogP) is 2.09. The Balaban J connectivity index is 2.50. The molecule has 0 radical (unpaired) electrons. The maximum atomic E-state index is 13.1. The van der Waals surface area contributed by atoms with Crippen LogP contribution < -0.4 is 5.32 Å². The van der Waals surface area contributed by atoms with E-state index in [0.717, 1.165) is 18.5 Å². The molecule has 0 aromatic heterocycles. The highest BCUT2D eigenvalue weighted by Crippen LogP contribution is 2.11. The Morgan fingerprint density at radius 1 is 1.44 bits per heavy atom. The van der Waals surface area contributed by atoms with Crippen LogP contribution in [0.15, 0.2) is 18.2 Å². The van der Waals surface area contributed by atoms with Gasteiger partial charge in [0.05, 0.1) is 0 Å². The van der Waals surface area contributed by atoms with Crippen LogP contribution in [0.1, 0.15) is 24.0 Å². The number of benzene rings is 1. The number of nitrogens with zero attached hydrogens (tertiary/aromatic N) is 1. The third-order valence-electron chi connectivity index (χ3n) is 2.89. The first kappa shape index (κ1) is 14.6. The third kappa shape index (κ3) is 4.45. The standard InChI is InChI=1S/C14H21FN2O/c1-11-9-12(6-7-13(11)15)10-17(3)14(18)5-4-8-16-2/h6-7,9,16H,4-5,8,10H2,1-3H3. The zero-order valence-corrected chi connectivity index (χ0v) is 11.3. The highest BCUT2D eigenvalue weighted by atomic mass is 19.1. The molecule has 0 saturated heterocycles. The average Bonchev–Trinajstić information content (AvgIpc) is 2.34. The van der Waals surface area contributed by atoms with Crippen LogP contribution in [-0.2, 0) is 11.3 Å². The second kappa shape index (κ2) is 7.11. The van der Waals surface area contributed by atoms with E-state index in [4.69, 9.17) is 0 Å². The Labute approximate surface area is 108 Å². The third-order valence-corrected chi connectivity index (χ3v) is 2.89. The van der Waals surface area contributed by atoms with Crippen molar-refractivity contribution >= 4 is 5.91 Å². The Hall–Kier alpha value is -1.42. The van der Waals surface area contributed by atoms with Gasteiger partial charge in [0.25, 0.3) is 0 Å². The van der Waals surface area contributed by atoms with E-state index < -0.39 is 0 Å². The molecule has 0 saturated carbocycles. The first-order chi connectivity index (χ1) is 8.54. The lowest BCUT2D eigenvalue weighted by Crippen LogP contribution is -2.26. The summed E-state index contributed by atoms with van der Waals surface area (Å²) in [5.74, 6) is -0.0889. The van der Waals surface area contributed by atoms with Crippen molar-refractivity contribution in [3.05, 3.63) is 35.1 Å². The second-order valence-corrected chi connectivity index (χ2v) is 4.54. The summed E-state index contributed by atoms with van der Waals surface area (Å²) >= 11 is 0. The van der Waals surface area contributed by atoms with Gasteiger partial charge in [-0.05, 0) is 44.1 Å². The summed E-state index contributed by atoms with van der Waals surface area (Å²) in [5, 5.41) is 3.01. The highest BCUT2D eigenvalue weighted by molar-refractivity contribution is 5.75. The molecule has 0 bridgehead atoms. The molecule has 0 aliphatic heterocycles. The van der Waals surface area contributed by atoms with Crippen molar-refractivity contribution in [2.75, 3.05) is 20.6 Å². The molecule has 1 rings (SSSR count). The second-order valence-electron chi connectivity index (χ2n) is 4.54. The molecule has 0 spiro atoms. The van der Waals surface area contributed by atoms with E-state index in [-0.39, 0.29) is 11.7 Å². The molecule has 0 aliphatic carbocycles. The molecule has 1 amide bonds. The zero-order valence-electron chi connectivity index (χ0n) is 11.3. The summed E-state index contributed by atoms with van der Waals surface area (Å²) in [6.45, 7) is 3.10. The fraction of sp³-hybridized carbons (Fsp3) is 0.500. The molecule has 100 valence electrons. The number of hydrogen-bond donors (Lipinski definition) is 1. The van der Waals surface area contributed by atoms with Gasteiger partial charge in [-0.1, -0.05) is 12.1 Å². The van der Waals surface area contributed by atoms with Crippen molar-refractivity contribution in [3.63, 3.8) is 0 Å². The Kier molecular flexibility index (Phi) is 5.78. The lowest BCUT2D eigenvalue weighted by atomic mass is 10.1. The zero-order chi connectivity index (χ0) is 13.5. The van der Waals surface area contributed by atoms with Crippen LogP contribution in [0.2, 0.25) is 0 Å². The van der Waals surface area contributed by atoms with E-state index >= 15 is 0 Å². The largest absolute Gasteiger partial charge is 0.341 e. The van der Waals surface area contributed by atoms with E-state index in [9.17, 15) is 9.18 Å². The van der Waals surface area contributed by atoms with Gasteiger partial charge in [0.2, 0.25) is 5.91 Å². The molecule has 3 nitrogen and oxygen atoms in total. The molecule has 1 aromatic rings. The van der Waals surface area contributed by atoms with E-state index in [1.807, 2.05) is 7.05 Å². The number of carbonyl (C=O) groups excluding carboxylic acids is 1. The summed E-state index contributed by atoms with van der Waals surface area (Å²) in [6, 6.07) is 4.95. The monoisotopic (exact) mass is 252 g/mol. The van der Waals surface area contributed by atoms with Gasteiger partial charge in [0, 0.05) is 20.0 Å². The van der Waals surface area contributed by atoms with Crippen LogP contribution in [0.5, 0.6) is 0 Å². The summed E-state index contributed by atoms with van der Waals surface area (Å²) < 4.78 is 13.1. The fourth-order valence-corrected chi connectivity index (χ4v) is 1.77. The molecular formula is C14H21FN2O. The smallest absolute Gasteiger partial charge is 0.222 e. The van der Waals surface area contributed by atoms with Crippen molar-refractivity contribution in [1.82, 2.24) is 10.2 Å². The number of aryl methyl sites for hydroxylation is 1. The molecule has 18 heavy (non-hydrogen) atoms. The van der Waals surface area contributed by atoms with Crippen LogP contribution in [0, 0.1) is 12.7 Å². The van der Waals surface area contributed by atoms with E-state index in [2.05, 4.69) is 5.32 Å². The molecule has 0 unspecified atom stereocenters. The maximum Gasteiger partial charge on any atom is 0.222 e. The Morgan fingerprint density at radius 2 is 2.17 bits per heavy atom. The average molecular weight is 252 g/mol. The summed E-state index contributed by atoms with van der Waals surface area (Å²) in [7, 11) is 3.65. The fourth-order valence-electron chi connectivity index (χ4n) is 1.77. The number of amides is 1.